The van der Waals surface area contributed by atoms with Gasteiger partial charge in [0.2, 0.25) is 5.88 Å². The monoisotopic (exact) mass is 384 g/mol. The number of esters is 1. The van der Waals surface area contributed by atoms with E-state index in [4.69, 9.17) is 4.74 Å². The molecule has 3 aromatic rings. The van der Waals surface area contributed by atoms with Crippen LogP contribution < -0.4 is 4.74 Å². The van der Waals surface area contributed by atoms with Gasteiger partial charge in [0.05, 0.1) is 16.9 Å². The molecule has 0 unspecified atom stereocenters. The molecule has 2 aromatic carbocycles. The SMILES string of the molecule is CC(C)c1cc(OC(=O)c2cccc(Br)c2)n(-c2ccccc2)n1. The number of hydrogen-bond acceptors (Lipinski definition) is 3. The summed E-state index contributed by atoms with van der Waals surface area (Å²) in [5.41, 5.74) is 2.20. The van der Waals surface area contributed by atoms with Crippen molar-refractivity contribution in [1.82, 2.24) is 9.78 Å². The highest BCUT2D eigenvalue weighted by Gasteiger charge is 2.17. The molecule has 0 amide bonds. The molecule has 3 rings (SSSR count). The molecule has 0 aliphatic rings. The Bertz CT molecular complexity index is 857. The predicted octanol–water partition coefficient (Wildman–Crippen LogP) is 4.98. The summed E-state index contributed by atoms with van der Waals surface area (Å²) in [5, 5.41) is 4.57. The minimum Gasteiger partial charge on any atom is -0.404 e. The largest absolute Gasteiger partial charge is 0.404 e. The molecule has 122 valence electrons. The van der Waals surface area contributed by atoms with E-state index < -0.39 is 5.97 Å². The highest BCUT2D eigenvalue weighted by Crippen LogP contribution is 2.25. The van der Waals surface area contributed by atoms with Crippen molar-refractivity contribution < 1.29 is 9.53 Å². The number of carbonyl (C=O) groups excluding carboxylic acids is 1. The van der Waals surface area contributed by atoms with Crippen LogP contribution in [-0.4, -0.2) is 15.7 Å². The zero-order chi connectivity index (χ0) is 17.1. The van der Waals surface area contributed by atoms with Crippen LogP contribution in [0.15, 0.2) is 65.1 Å². The molecular formula is C19H17BrN2O2. The molecule has 0 spiro atoms. The van der Waals surface area contributed by atoms with Crippen molar-refractivity contribution in [2.24, 2.45) is 0 Å². The number of aromatic nitrogens is 2. The van der Waals surface area contributed by atoms with Gasteiger partial charge in [-0.15, -0.1) is 0 Å². The molecule has 0 saturated carbocycles. The van der Waals surface area contributed by atoms with Crippen molar-refractivity contribution in [3.05, 3.63) is 76.4 Å². The lowest BCUT2D eigenvalue weighted by molar-refractivity contribution is 0.0723. The first-order chi connectivity index (χ1) is 11.5. The molecule has 24 heavy (non-hydrogen) atoms. The van der Waals surface area contributed by atoms with Crippen molar-refractivity contribution in [1.29, 1.82) is 0 Å². The van der Waals surface area contributed by atoms with Crippen LogP contribution in [0.5, 0.6) is 5.88 Å². The van der Waals surface area contributed by atoms with Crippen molar-refractivity contribution in [3.63, 3.8) is 0 Å². The van der Waals surface area contributed by atoms with Crippen LogP contribution in [0.3, 0.4) is 0 Å². The number of para-hydroxylation sites is 1. The third-order valence-corrected chi connectivity index (χ3v) is 4.04. The number of ether oxygens (including phenoxy) is 1. The first kappa shape index (κ1) is 16.5. The van der Waals surface area contributed by atoms with Gasteiger partial charge in [0.15, 0.2) is 0 Å². The fourth-order valence-electron chi connectivity index (χ4n) is 2.26. The van der Waals surface area contributed by atoms with Crippen molar-refractivity contribution in [3.8, 4) is 11.6 Å². The van der Waals surface area contributed by atoms with Gasteiger partial charge in [-0.25, -0.2) is 9.48 Å². The van der Waals surface area contributed by atoms with E-state index in [1.807, 2.05) is 42.5 Å². The summed E-state index contributed by atoms with van der Waals surface area (Å²) in [6.45, 7) is 4.11. The second kappa shape index (κ2) is 7.01. The van der Waals surface area contributed by atoms with Crippen molar-refractivity contribution in [2.45, 2.75) is 19.8 Å². The smallest absolute Gasteiger partial charge is 0.344 e. The van der Waals surface area contributed by atoms with E-state index >= 15 is 0 Å². The van der Waals surface area contributed by atoms with E-state index in [1.165, 1.54) is 0 Å². The van der Waals surface area contributed by atoms with Crippen molar-refractivity contribution >= 4 is 21.9 Å². The lowest BCUT2D eigenvalue weighted by Crippen LogP contribution is -2.11. The average Bonchev–Trinajstić information content (AvgIpc) is 3.00. The van der Waals surface area contributed by atoms with Crippen LogP contribution in [0.4, 0.5) is 0 Å². The summed E-state index contributed by atoms with van der Waals surface area (Å²) in [6.07, 6.45) is 0. The number of carbonyl (C=O) groups is 1. The highest BCUT2D eigenvalue weighted by atomic mass is 79.9. The zero-order valence-corrected chi connectivity index (χ0v) is 15.0. The highest BCUT2D eigenvalue weighted by molar-refractivity contribution is 9.10. The Morgan fingerprint density at radius 1 is 1.08 bits per heavy atom. The lowest BCUT2D eigenvalue weighted by atomic mass is 10.1. The summed E-state index contributed by atoms with van der Waals surface area (Å²) in [4.78, 5) is 12.4. The maximum absolute atomic E-state index is 12.4. The van der Waals surface area contributed by atoms with E-state index in [-0.39, 0.29) is 5.92 Å². The van der Waals surface area contributed by atoms with Crippen LogP contribution in [0.25, 0.3) is 5.69 Å². The molecule has 0 aliphatic heterocycles. The number of benzene rings is 2. The summed E-state index contributed by atoms with van der Waals surface area (Å²) in [7, 11) is 0. The summed E-state index contributed by atoms with van der Waals surface area (Å²) >= 11 is 3.36. The van der Waals surface area contributed by atoms with E-state index in [1.54, 1.807) is 22.9 Å². The molecule has 0 atom stereocenters. The van der Waals surface area contributed by atoms with Crippen LogP contribution >= 0.6 is 15.9 Å². The van der Waals surface area contributed by atoms with E-state index in [2.05, 4.69) is 34.9 Å². The summed E-state index contributed by atoms with van der Waals surface area (Å²) < 4.78 is 8.10. The van der Waals surface area contributed by atoms with Gasteiger partial charge >= 0.3 is 5.97 Å². The molecule has 1 aromatic heterocycles. The summed E-state index contributed by atoms with van der Waals surface area (Å²) in [5.74, 6) is 0.233. The van der Waals surface area contributed by atoms with E-state index in [0.717, 1.165) is 15.9 Å². The molecule has 0 N–H and O–H groups in total. The molecular weight excluding hydrogens is 368 g/mol. The minimum absolute atomic E-state index is 0.235. The van der Waals surface area contributed by atoms with E-state index in [0.29, 0.717) is 11.4 Å². The van der Waals surface area contributed by atoms with Gasteiger partial charge in [-0.2, -0.15) is 5.10 Å². The Kier molecular flexibility index (Phi) is 4.81. The summed E-state index contributed by atoms with van der Waals surface area (Å²) in [6, 6.07) is 18.6. The van der Waals surface area contributed by atoms with Crippen LogP contribution in [0, 0.1) is 0 Å². The molecule has 0 fully saturated rings. The molecule has 5 heteroatoms. The second-order valence-corrected chi connectivity index (χ2v) is 6.63. The molecule has 0 bridgehead atoms. The number of nitrogens with zero attached hydrogens (tertiary/aromatic N) is 2. The normalized spacial score (nSPS) is 10.8. The number of rotatable bonds is 4. The van der Waals surface area contributed by atoms with Crippen LogP contribution in [-0.2, 0) is 0 Å². The van der Waals surface area contributed by atoms with Gasteiger partial charge in [-0.05, 0) is 36.2 Å². The fraction of sp³-hybridized carbons (Fsp3) is 0.158. The van der Waals surface area contributed by atoms with Gasteiger partial charge in [0.1, 0.15) is 0 Å². The molecule has 0 radical (unpaired) electrons. The van der Waals surface area contributed by atoms with Gasteiger partial charge < -0.3 is 4.74 Å². The minimum atomic E-state index is -0.413. The predicted molar refractivity (Wildman–Crippen MR) is 96.8 cm³/mol. The Morgan fingerprint density at radius 2 is 1.83 bits per heavy atom. The first-order valence-electron chi connectivity index (χ1n) is 7.67. The Hall–Kier alpha value is -2.40. The quantitative estimate of drug-likeness (QED) is 0.595. The first-order valence-corrected chi connectivity index (χ1v) is 8.47. The van der Waals surface area contributed by atoms with Gasteiger partial charge in [0.25, 0.3) is 0 Å². The van der Waals surface area contributed by atoms with Gasteiger partial charge in [-0.3, -0.25) is 0 Å². The van der Waals surface area contributed by atoms with Crippen LogP contribution in [0.1, 0.15) is 35.8 Å². The second-order valence-electron chi connectivity index (χ2n) is 5.71. The van der Waals surface area contributed by atoms with E-state index in [9.17, 15) is 4.79 Å². The third-order valence-electron chi connectivity index (χ3n) is 3.55. The van der Waals surface area contributed by atoms with Gasteiger partial charge in [0, 0.05) is 10.5 Å². The average molecular weight is 385 g/mol. The molecule has 4 nitrogen and oxygen atoms in total. The Balaban J connectivity index is 1.96. The molecule has 0 saturated heterocycles. The fourth-order valence-corrected chi connectivity index (χ4v) is 2.66. The maximum atomic E-state index is 12.4. The Labute approximate surface area is 149 Å². The third kappa shape index (κ3) is 3.57. The van der Waals surface area contributed by atoms with Crippen LogP contribution in [0.2, 0.25) is 0 Å². The zero-order valence-electron chi connectivity index (χ0n) is 13.4. The topological polar surface area (TPSA) is 44.1 Å². The molecule has 0 aliphatic carbocycles. The standard InChI is InChI=1S/C19H17BrN2O2/c1-13(2)17-12-18(22(21-17)16-9-4-3-5-10-16)24-19(23)14-7-6-8-15(20)11-14/h3-13H,1-2H3. The maximum Gasteiger partial charge on any atom is 0.344 e. The number of halogens is 1. The number of hydrogen-bond donors (Lipinski definition) is 0. The lowest BCUT2D eigenvalue weighted by Gasteiger charge is -2.08. The molecule has 1 heterocycles. The Morgan fingerprint density at radius 3 is 2.50 bits per heavy atom. The van der Waals surface area contributed by atoms with Crippen molar-refractivity contribution in [2.75, 3.05) is 0 Å². The van der Waals surface area contributed by atoms with Gasteiger partial charge in [-0.1, -0.05) is 54.0 Å².